The summed E-state index contributed by atoms with van der Waals surface area (Å²) in [6.45, 7) is 1.83. The molecule has 0 spiro atoms. The van der Waals surface area contributed by atoms with Crippen LogP contribution in [0.3, 0.4) is 0 Å². The number of hydrogen-bond donors (Lipinski definition) is 1. The second-order valence-electron chi connectivity index (χ2n) is 2.94. The minimum absolute atomic E-state index is 0.0211. The van der Waals surface area contributed by atoms with Crippen molar-refractivity contribution in [3.8, 4) is 0 Å². The molecule has 6 heteroatoms. The molecule has 0 aromatic rings. The van der Waals surface area contributed by atoms with Gasteiger partial charge >= 0.3 is 5.97 Å². The van der Waals surface area contributed by atoms with Crippen molar-refractivity contribution in [2.24, 2.45) is 0 Å². The van der Waals surface area contributed by atoms with Gasteiger partial charge < -0.3 is 24.1 Å². The fourth-order valence-corrected chi connectivity index (χ4v) is 0.927. The molecule has 0 saturated heterocycles. The van der Waals surface area contributed by atoms with E-state index in [9.17, 15) is 4.79 Å². The number of carbonyl (C=O) groups excluding carboxylic acids is 1. The fraction of sp³-hybridized carbons (Fsp3) is 0.667. The van der Waals surface area contributed by atoms with Gasteiger partial charge in [0.2, 0.25) is 6.29 Å². The van der Waals surface area contributed by atoms with Crippen molar-refractivity contribution in [2.75, 3.05) is 20.5 Å². The van der Waals surface area contributed by atoms with Gasteiger partial charge in [0.1, 0.15) is 6.79 Å². The minimum atomic E-state index is -1.20. The van der Waals surface area contributed by atoms with Crippen LogP contribution in [0.2, 0.25) is 0 Å². The Morgan fingerprint density at radius 2 is 2.40 bits per heavy atom. The quantitative estimate of drug-likeness (QED) is 0.377. The predicted molar refractivity (Wildman–Crippen MR) is 48.6 cm³/mol. The van der Waals surface area contributed by atoms with Gasteiger partial charge in [0.15, 0.2) is 6.29 Å². The van der Waals surface area contributed by atoms with Crippen molar-refractivity contribution in [2.45, 2.75) is 19.5 Å². The molecule has 0 aromatic heterocycles. The van der Waals surface area contributed by atoms with Crippen LogP contribution < -0.4 is 0 Å². The summed E-state index contributed by atoms with van der Waals surface area (Å²) >= 11 is 0. The Balaban J connectivity index is 2.15. The number of aliphatic hydroxyl groups excluding tert-OH is 1. The molecule has 2 unspecified atom stereocenters. The predicted octanol–water partition coefficient (Wildman–Crippen LogP) is -0.229. The number of ether oxygens (including phenoxy) is 4. The summed E-state index contributed by atoms with van der Waals surface area (Å²) in [6.07, 6.45) is -0.354. The third-order valence-corrected chi connectivity index (χ3v) is 1.83. The smallest absolute Gasteiger partial charge is 0.333 e. The molecular formula is C9H14O6. The van der Waals surface area contributed by atoms with Crippen LogP contribution in [-0.2, 0) is 23.7 Å². The Bertz CT molecular complexity index is 249. The van der Waals surface area contributed by atoms with Gasteiger partial charge in [-0.15, -0.1) is 0 Å². The Morgan fingerprint density at radius 3 is 2.93 bits per heavy atom. The van der Waals surface area contributed by atoms with Crippen LogP contribution in [-0.4, -0.2) is 44.2 Å². The molecule has 0 saturated carbocycles. The lowest BCUT2D eigenvalue weighted by Gasteiger charge is -2.12. The molecule has 0 amide bonds. The maximum Gasteiger partial charge on any atom is 0.333 e. The summed E-state index contributed by atoms with van der Waals surface area (Å²) in [4.78, 5) is 10.7. The Labute approximate surface area is 87.4 Å². The minimum Gasteiger partial charge on any atom is -0.429 e. The molecule has 0 radical (unpaired) electrons. The van der Waals surface area contributed by atoms with Crippen LogP contribution in [0.25, 0.3) is 0 Å². The maximum absolute atomic E-state index is 10.7. The molecule has 1 rings (SSSR count). The molecule has 0 aromatic carbocycles. The average Bonchev–Trinajstić information content (AvgIpc) is 2.52. The molecule has 1 N–H and O–H groups in total. The Kier molecular flexibility index (Phi) is 4.70. The average molecular weight is 218 g/mol. The van der Waals surface area contributed by atoms with Crippen LogP contribution in [0.15, 0.2) is 11.6 Å². The number of carbonyl (C=O) groups is 1. The zero-order chi connectivity index (χ0) is 11.3. The number of esters is 1. The molecule has 2 atom stereocenters. The van der Waals surface area contributed by atoms with Crippen molar-refractivity contribution in [1.82, 2.24) is 0 Å². The largest absolute Gasteiger partial charge is 0.429 e. The van der Waals surface area contributed by atoms with E-state index in [1.165, 1.54) is 13.2 Å². The monoisotopic (exact) mass is 218 g/mol. The highest BCUT2D eigenvalue weighted by atomic mass is 16.7. The molecule has 0 fully saturated rings. The maximum atomic E-state index is 10.7. The first-order valence-corrected chi connectivity index (χ1v) is 4.44. The van der Waals surface area contributed by atoms with Crippen molar-refractivity contribution < 1.29 is 28.8 Å². The van der Waals surface area contributed by atoms with E-state index in [2.05, 4.69) is 4.74 Å². The van der Waals surface area contributed by atoms with E-state index in [0.717, 1.165) is 0 Å². The van der Waals surface area contributed by atoms with Crippen LogP contribution in [0.4, 0.5) is 0 Å². The summed E-state index contributed by atoms with van der Waals surface area (Å²) in [6, 6.07) is 0. The lowest BCUT2D eigenvalue weighted by atomic mass is 10.3. The molecule has 1 aliphatic heterocycles. The van der Waals surface area contributed by atoms with Gasteiger partial charge in [-0.2, -0.15) is 0 Å². The third-order valence-electron chi connectivity index (χ3n) is 1.83. The number of aliphatic hydroxyl groups is 1. The number of hydrogen-bond acceptors (Lipinski definition) is 6. The van der Waals surface area contributed by atoms with E-state index in [1.54, 1.807) is 6.92 Å². The third kappa shape index (κ3) is 3.96. The molecule has 0 bridgehead atoms. The van der Waals surface area contributed by atoms with E-state index in [4.69, 9.17) is 19.3 Å². The van der Waals surface area contributed by atoms with Crippen LogP contribution in [0.1, 0.15) is 6.92 Å². The second kappa shape index (κ2) is 5.82. The molecule has 15 heavy (non-hydrogen) atoms. The van der Waals surface area contributed by atoms with Crippen molar-refractivity contribution in [3.05, 3.63) is 11.6 Å². The topological polar surface area (TPSA) is 74.2 Å². The number of rotatable bonds is 6. The van der Waals surface area contributed by atoms with E-state index in [-0.39, 0.29) is 19.7 Å². The molecule has 0 aliphatic carbocycles. The first-order chi connectivity index (χ1) is 7.13. The molecule has 1 heterocycles. The van der Waals surface area contributed by atoms with E-state index < -0.39 is 12.3 Å². The normalized spacial score (nSPS) is 22.5. The lowest BCUT2D eigenvalue weighted by molar-refractivity contribution is -0.174. The zero-order valence-electron chi connectivity index (χ0n) is 8.63. The number of cyclic esters (lactones) is 1. The van der Waals surface area contributed by atoms with Crippen molar-refractivity contribution in [3.63, 3.8) is 0 Å². The zero-order valence-corrected chi connectivity index (χ0v) is 8.63. The van der Waals surface area contributed by atoms with Gasteiger partial charge in [-0.05, 0) is 6.92 Å². The van der Waals surface area contributed by atoms with Crippen LogP contribution in [0.5, 0.6) is 0 Å². The fourth-order valence-electron chi connectivity index (χ4n) is 0.927. The first kappa shape index (κ1) is 12.1. The van der Waals surface area contributed by atoms with Crippen molar-refractivity contribution >= 4 is 5.97 Å². The highest BCUT2D eigenvalue weighted by Crippen LogP contribution is 2.13. The summed E-state index contributed by atoms with van der Waals surface area (Å²) < 4.78 is 19.3. The summed E-state index contributed by atoms with van der Waals surface area (Å²) in [5.41, 5.74) is 0.383. The van der Waals surface area contributed by atoms with Gasteiger partial charge in [-0.25, -0.2) is 4.79 Å². The van der Waals surface area contributed by atoms with Gasteiger partial charge in [0, 0.05) is 18.8 Å². The van der Waals surface area contributed by atoms with Gasteiger partial charge in [-0.1, -0.05) is 0 Å². The lowest BCUT2D eigenvalue weighted by Crippen LogP contribution is -2.17. The molecule has 6 nitrogen and oxygen atoms in total. The summed E-state index contributed by atoms with van der Waals surface area (Å²) in [5, 5.41) is 9.16. The second-order valence-corrected chi connectivity index (χ2v) is 2.94. The highest BCUT2D eigenvalue weighted by Gasteiger charge is 2.23. The van der Waals surface area contributed by atoms with Gasteiger partial charge in [-0.3, -0.25) is 0 Å². The van der Waals surface area contributed by atoms with Crippen LogP contribution >= 0.6 is 0 Å². The SMILES string of the molecule is COC(C)OCOCC1=CC(=O)OC1O. The highest BCUT2D eigenvalue weighted by molar-refractivity contribution is 5.85. The van der Waals surface area contributed by atoms with Gasteiger partial charge in [0.25, 0.3) is 0 Å². The summed E-state index contributed by atoms with van der Waals surface area (Å²) in [5.74, 6) is -0.563. The first-order valence-electron chi connectivity index (χ1n) is 4.44. The molecule has 86 valence electrons. The number of methoxy groups -OCH3 is 1. The standard InChI is InChI=1S/C9H14O6/c1-6(12-2)14-5-13-4-7-3-8(10)15-9(7)11/h3,6,9,11H,4-5H2,1-2H3. The van der Waals surface area contributed by atoms with E-state index >= 15 is 0 Å². The summed E-state index contributed by atoms with van der Waals surface area (Å²) in [7, 11) is 1.51. The van der Waals surface area contributed by atoms with Crippen molar-refractivity contribution in [1.29, 1.82) is 0 Å². The molecular weight excluding hydrogens is 204 g/mol. The van der Waals surface area contributed by atoms with Crippen LogP contribution in [0, 0.1) is 0 Å². The molecule has 1 aliphatic rings. The van der Waals surface area contributed by atoms with E-state index in [1.807, 2.05) is 0 Å². The Hall–Kier alpha value is -0.950. The van der Waals surface area contributed by atoms with E-state index in [0.29, 0.717) is 5.57 Å². The Morgan fingerprint density at radius 1 is 1.67 bits per heavy atom. The van der Waals surface area contributed by atoms with Gasteiger partial charge in [0.05, 0.1) is 6.61 Å².